The molecule has 0 radical (unpaired) electrons. The fraction of sp³-hybridized carbons (Fsp3) is 0.389. The molecule has 3 rings (SSSR count). The molecule has 0 unspecified atom stereocenters. The van der Waals surface area contributed by atoms with Crippen LogP contribution < -0.4 is 5.32 Å². The minimum atomic E-state index is -0.820. The molecule has 120 valence electrons. The van der Waals surface area contributed by atoms with Crippen LogP contribution in [0.2, 0.25) is 0 Å². The van der Waals surface area contributed by atoms with Crippen molar-refractivity contribution in [2.24, 2.45) is 5.92 Å². The lowest BCUT2D eigenvalue weighted by molar-refractivity contribution is -0.142. The molecule has 1 aromatic heterocycles. The van der Waals surface area contributed by atoms with Gasteiger partial charge < -0.3 is 10.4 Å². The molecule has 1 heterocycles. The SMILES string of the molecule is O=C(N[C@H]1CCCCC[C@H]1C(=O)O)c1ccc2ncccc2c1. The van der Waals surface area contributed by atoms with Crippen LogP contribution in [0, 0.1) is 5.92 Å². The lowest BCUT2D eigenvalue weighted by Crippen LogP contribution is -2.42. The Morgan fingerprint density at radius 2 is 1.96 bits per heavy atom. The summed E-state index contributed by atoms with van der Waals surface area (Å²) < 4.78 is 0. The molecule has 0 spiro atoms. The van der Waals surface area contributed by atoms with E-state index in [1.54, 1.807) is 18.3 Å². The fourth-order valence-electron chi connectivity index (χ4n) is 3.24. The van der Waals surface area contributed by atoms with E-state index in [9.17, 15) is 14.7 Å². The van der Waals surface area contributed by atoms with Gasteiger partial charge >= 0.3 is 5.97 Å². The van der Waals surface area contributed by atoms with Crippen molar-refractivity contribution in [3.05, 3.63) is 42.1 Å². The van der Waals surface area contributed by atoms with E-state index in [-0.39, 0.29) is 11.9 Å². The minimum Gasteiger partial charge on any atom is -0.481 e. The predicted octanol–water partition coefficient (Wildman–Crippen LogP) is 3.00. The quantitative estimate of drug-likeness (QED) is 0.854. The molecular weight excluding hydrogens is 292 g/mol. The Bertz CT molecular complexity index is 729. The highest BCUT2D eigenvalue weighted by atomic mass is 16.4. The van der Waals surface area contributed by atoms with Crippen LogP contribution in [0.5, 0.6) is 0 Å². The molecule has 2 aromatic rings. The lowest BCUT2D eigenvalue weighted by atomic mass is 9.94. The second-order valence-corrected chi connectivity index (χ2v) is 6.07. The van der Waals surface area contributed by atoms with Gasteiger partial charge in [0.05, 0.1) is 11.4 Å². The van der Waals surface area contributed by atoms with E-state index in [1.807, 2.05) is 18.2 Å². The first-order valence-electron chi connectivity index (χ1n) is 8.03. The molecule has 5 heteroatoms. The van der Waals surface area contributed by atoms with Crippen molar-refractivity contribution < 1.29 is 14.7 Å². The number of carbonyl (C=O) groups is 2. The summed E-state index contributed by atoms with van der Waals surface area (Å²) in [4.78, 5) is 28.2. The van der Waals surface area contributed by atoms with Gasteiger partial charge in [0.2, 0.25) is 0 Å². The molecule has 1 amide bonds. The maximum Gasteiger partial charge on any atom is 0.308 e. The first-order chi connectivity index (χ1) is 11.1. The van der Waals surface area contributed by atoms with Crippen molar-refractivity contribution in [2.75, 3.05) is 0 Å². The van der Waals surface area contributed by atoms with Crippen LogP contribution in [0.3, 0.4) is 0 Å². The van der Waals surface area contributed by atoms with Gasteiger partial charge in [-0.2, -0.15) is 0 Å². The van der Waals surface area contributed by atoms with E-state index in [0.717, 1.165) is 36.6 Å². The van der Waals surface area contributed by atoms with E-state index < -0.39 is 11.9 Å². The standard InChI is InChI=1S/C18H20N2O3/c21-17(13-8-9-15-12(11-13)5-4-10-19-15)20-16-7-3-1-2-6-14(16)18(22)23/h4-5,8-11,14,16H,1-3,6-7H2,(H,20,21)(H,22,23)/t14-,16+/m1/s1. The van der Waals surface area contributed by atoms with Crippen molar-refractivity contribution in [2.45, 2.75) is 38.1 Å². The van der Waals surface area contributed by atoms with Gasteiger partial charge in [-0.3, -0.25) is 14.6 Å². The van der Waals surface area contributed by atoms with Crippen LogP contribution in [0.4, 0.5) is 0 Å². The Hall–Kier alpha value is -2.43. The molecule has 1 aliphatic carbocycles. The highest BCUT2D eigenvalue weighted by Crippen LogP contribution is 2.24. The maximum absolute atomic E-state index is 12.5. The van der Waals surface area contributed by atoms with Crippen molar-refractivity contribution in [3.8, 4) is 0 Å². The molecule has 0 aliphatic heterocycles. The van der Waals surface area contributed by atoms with Gasteiger partial charge in [0.25, 0.3) is 5.91 Å². The molecule has 1 fully saturated rings. The number of carboxylic acid groups (broad SMARTS) is 1. The minimum absolute atomic E-state index is 0.214. The highest BCUT2D eigenvalue weighted by Gasteiger charge is 2.30. The number of aliphatic carboxylic acids is 1. The largest absolute Gasteiger partial charge is 0.481 e. The van der Waals surface area contributed by atoms with E-state index in [4.69, 9.17) is 0 Å². The molecule has 23 heavy (non-hydrogen) atoms. The summed E-state index contributed by atoms with van der Waals surface area (Å²) in [5.41, 5.74) is 1.38. The van der Waals surface area contributed by atoms with E-state index in [2.05, 4.69) is 10.3 Å². The number of aromatic nitrogens is 1. The van der Waals surface area contributed by atoms with Crippen LogP contribution in [0.1, 0.15) is 42.5 Å². The van der Waals surface area contributed by atoms with Gasteiger partial charge in [0.1, 0.15) is 0 Å². The Morgan fingerprint density at radius 1 is 1.13 bits per heavy atom. The Labute approximate surface area is 134 Å². The summed E-state index contributed by atoms with van der Waals surface area (Å²) in [6, 6.07) is 8.78. The molecule has 1 aliphatic rings. The number of fused-ring (bicyclic) bond motifs is 1. The number of pyridine rings is 1. The summed E-state index contributed by atoms with van der Waals surface area (Å²) >= 11 is 0. The average molecular weight is 312 g/mol. The molecule has 1 saturated carbocycles. The predicted molar refractivity (Wildman–Crippen MR) is 87.2 cm³/mol. The van der Waals surface area contributed by atoms with Crippen molar-refractivity contribution in [1.29, 1.82) is 0 Å². The summed E-state index contributed by atoms with van der Waals surface area (Å²) in [7, 11) is 0. The van der Waals surface area contributed by atoms with Crippen LogP contribution in [-0.4, -0.2) is 28.0 Å². The van der Waals surface area contributed by atoms with Crippen LogP contribution in [0.15, 0.2) is 36.5 Å². The van der Waals surface area contributed by atoms with Crippen LogP contribution in [-0.2, 0) is 4.79 Å². The zero-order valence-corrected chi connectivity index (χ0v) is 12.9. The van der Waals surface area contributed by atoms with Gasteiger partial charge in [0, 0.05) is 23.2 Å². The molecule has 0 bridgehead atoms. The zero-order chi connectivity index (χ0) is 16.2. The van der Waals surface area contributed by atoms with Gasteiger partial charge in [-0.15, -0.1) is 0 Å². The fourth-order valence-corrected chi connectivity index (χ4v) is 3.24. The number of carboxylic acids is 1. The number of benzene rings is 1. The Balaban J connectivity index is 1.79. The van der Waals surface area contributed by atoms with Gasteiger partial charge in [-0.1, -0.05) is 25.3 Å². The first-order valence-corrected chi connectivity index (χ1v) is 8.03. The van der Waals surface area contributed by atoms with E-state index in [0.29, 0.717) is 12.0 Å². The third kappa shape index (κ3) is 3.50. The summed E-state index contributed by atoms with van der Waals surface area (Å²) in [6.07, 6.45) is 5.95. The zero-order valence-electron chi connectivity index (χ0n) is 12.9. The lowest BCUT2D eigenvalue weighted by Gasteiger charge is -2.23. The van der Waals surface area contributed by atoms with E-state index in [1.165, 1.54) is 0 Å². The highest BCUT2D eigenvalue weighted by molar-refractivity contribution is 5.98. The van der Waals surface area contributed by atoms with Crippen molar-refractivity contribution in [1.82, 2.24) is 10.3 Å². The number of nitrogens with zero attached hydrogens (tertiary/aromatic N) is 1. The van der Waals surface area contributed by atoms with E-state index >= 15 is 0 Å². The number of hydrogen-bond donors (Lipinski definition) is 2. The number of rotatable bonds is 3. The first kappa shape index (κ1) is 15.5. The number of carbonyl (C=O) groups excluding carboxylic acids is 1. The second-order valence-electron chi connectivity index (χ2n) is 6.07. The van der Waals surface area contributed by atoms with Crippen molar-refractivity contribution in [3.63, 3.8) is 0 Å². The van der Waals surface area contributed by atoms with Crippen LogP contribution in [0.25, 0.3) is 10.9 Å². The molecule has 1 aromatic carbocycles. The Morgan fingerprint density at radius 3 is 2.78 bits per heavy atom. The number of hydrogen-bond acceptors (Lipinski definition) is 3. The molecule has 0 saturated heterocycles. The molecular formula is C18H20N2O3. The summed E-state index contributed by atoms with van der Waals surface area (Å²) in [5.74, 6) is -1.53. The molecule has 2 N–H and O–H groups in total. The third-order valence-corrected chi connectivity index (χ3v) is 4.51. The molecule has 5 nitrogen and oxygen atoms in total. The van der Waals surface area contributed by atoms with Gasteiger partial charge in [-0.25, -0.2) is 0 Å². The van der Waals surface area contributed by atoms with Crippen molar-refractivity contribution >= 4 is 22.8 Å². The number of amides is 1. The molecule has 2 atom stereocenters. The summed E-state index contributed by atoms with van der Waals surface area (Å²) in [6.45, 7) is 0. The second kappa shape index (κ2) is 6.77. The smallest absolute Gasteiger partial charge is 0.308 e. The van der Waals surface area contributed by atoms with Gasteiger partial charge in [-0.05, 0) is 37.1 Å². The van der Waals surface area contributed by atoms with Crippen LogP contribution >= 0.6 is 0 Å². The topological polar surface area (TPSA) is 79.3 Å². The third-order valence-electron chi connectivity index (χ3n) is 4.51. The number of nitrogens with one attached hydrogen (secondary N) is 1. The maximum atomic E-state index is 12.5. The summed E-state index contributed by atoms with van der Waals surface area (Å²) in [5, 5.41) is 13.2. The normalized spacial score (nSPS) is 21.6. The Kier molecular flexibility index (Phi) is 4.55. The van der Waals surface area contributed by atoms with Gasteiger partial charge in [0.15, 0.2) is 0 Å². The monoisotopic (exact) mass is 312 g/mol. The average Bonchev–Trinajstić information content (AvgIpc) is 2.80.